The van der Waals surface area contributed by atoms with E-state index in [0.717, 1.165) is 0 Å². The molecule has 1 atom stereocenters. The highest BCUT2D eigenvalue weighted by Gasteiger charge is 2.41. The first-order valence-electron chi connectivity index (χ1n) is 9.22. The van der Waals surface area contributed by atoms with Crippen LogP contribution in [0, 0.1) is 5.82 Å². The second-order valence-electron chi connectivity index (χ2n) is 6.83. The molecule has 0 aromatic heterocycles. The first-order valence-corrected chi connectivity index (χ1v) is 9.22. The Morgan fingerprint density at radius 1 is 1.07 bits per heavy atom. The highest BCUT2D eigenvalue weighted by molar-refractivity contribution is 5.78. The maximum Gasteiger partial charge on any atom is 0.260 e. The average molecular weight is 402 g/mol. The van der Waals surface area contributed by atoms with E-state index in [1.165, 1.54) is 24.3 Å². The number of para-hydroxylation sites is 1. The lowest BCUT2D eigenvalue weighted by atomic mass is 9.97. The van der Waals surface area contributed by atoms with Crippen LogP contribution >= 0.6 is 0 Å². The van der Waals surface area contributed by atoms with Crippen LogP contribution < -0.4 is 15.2 Å². The fourth-order valence-electron chi connectivity index (χ4n) is 3.12. The van der Waals surface area contributed by atoms with Gasteiger partial charge in [0, 0.05) is 6.54 Å². The van der Waals surface area contributed by atoms with Crippen LogP contribution in [0.5, 0.6) is 11.5 Å². The molecule has 1 aliphatic heterocycles. The molecule has 2 aromatic rings. The van der Waals surface area contributed by atoms with Gasteiger partial charge in [-0.15, -0.1) is 0 Å². The van der Waals surface area contributed by atoms with Crippen LogP contribution in [0.15, 0.2) is 54.6 Å². The van der Waals surface area contributed by atoms with Crippen LogP contribution in [0.3, 0.4) is 0 Å². The summed E-state index contributed by atoms with van der Waals surface area (Å²) in [5.74, 6) is -0.157. The highest BCUT2D eigenvalue weighted by Crippen LogP contribution is 2.24. The standard InChI is InChI=1S/C21H23FN2O5/c22-16-6-8-18(9-7-16)28-15-21(12-19(23)25)14-24(10-11-29-21)20(26)13-27-17-4-2-1-3-5-17/h1-9H,10-15H2,(H2,23,25)/t21-/m0/s1. The maximum absolute atomic E-state index is 13.1. The molecule has 3 rings (SSSR count). The highest BCUT2D eigenvalue weighted by atomic mass is 19.1. The summed E-state index contributed by atoms with van der Waals surface area (Å²) >= 11 is 0. The van der Waals surface area contributed by atoms with Gasteiger partial charge in [-0.3, -0.25) is 9.59 Å². The van der Waals surface area contributed by atoms with E-state index >= 15 is 0 Å². The van der Waals surface area contributed by atoms with E-state index < -0.39 is 11.5 Å². The molecule has 0 aliphatic carbocycles. The van der Waals surface area contributed by atoms with Gasteiger partial charge in [-0.25, -0.2) is 4.39 Å². The van der Waals surface area contributed by atoms with Gasteiger partial charge in [-0.05, 0) is 36.4 Å². The number of amides is 2. The Hall–Kier alpha value is -3.13. The number of nitrogens with zero attached hydrogens (tertiary/aromatic N) is 1. The number of nitrogens with two attached hydrogens (primary N) is 1. The topological polar surface area (TPSA) is 91.1 Å². The van der Waals surface area contributed by atoms with Crippen molar-refractivity contribution in [2.75, 3.05) is 32.9 Å². The molecule has 7 nitrogen and oxygen atoms in total. The lowest BCUT2D eigenvalue weighted by molar-refractivity contribution is -0.163. The molecule has 1 heterocycles. The maximum atomic E-state index is 13.1. The molecular formula is C21H23FN2O5. The molecule has 0 saturated carbocycles. The third kappa shape index (κ3) is 5.92. The summed E-state index contributed by atoms with van der Waals surface area (Å²) in [5, 5.41) is 0. The van der Waals surface area contributed by atoms with Gasteiger partial charge in [-0.1, -0.05) is 18.2 Å². The Kier molecular flexibility index (Phi) is 6.66. The smallest absolute Gasteiger partial charge is 0.260 e. The van der Waals surface area contributed by atoms with Crippen molar-refractivity contribution in [3.8, 4) is 11.5 Å². The number of ether oxygens (including phenoxy) is 3. The Morgan fingerprint density at radius 3 is 2.45 bits per heavy atom. The number of carbonyl (C=O) groups is 2. The number of morpholine rings is 1. The number of halogens is 1. The summed E-state index contributed by atoms with van der Waals surface area (Å²) in [6, 6.07) is 14.5. The van der Waals surface area contributed by atoms with Gasteiger partial charge >= 0.3 is 0 Å². The largest absolute Gasteiger partial charge is 0.490 e. The number of benzene rings is 2. The minimum Gasteiger partial charge on any atom is -0.490 e. The van der Waals surface area contributed by atoms with E-state index in [9.17, 15) is 14.0 Å². The molecule has 0 unspecified atom stereocenters. The zero-order valence-corrected chi connectivity index (χ0v) is 15.9. The van der Waals surface area contributed by atoms with Crippen molar-refractivity contribution in [3.63, 3.8) is 0 Å². The fraction of sp³-hybridized carbons (Fsp3) is 0.333. The van der Waals surface area contributed by atoms with Crippen LogP contribution in [0.1, 0.15) is 6.42 Å². The quantitative estimate of drug-likeness (QED) is 0.727. The zero-order valence-electron chi connectivity index (χ0n) is 15.9. The second kappa shape index (κ2) is 9.38. The summed E-state index contributed by atoms with van der Waals surface area (Å²) < 4.78 is 30.1. The molecule has 29 heavy (non-hydrogen) atoms. The van der Waals surface area contributed by atoms with Gasteiger partial charge in [-0.2, -0.15) is 0 Å². The third-order valence-corrected chi connectivity index (χ3v) is 4.52. The molecule has 1 aliphatic rings. The molecule has 154 valence electrons. The summed E-state index contributed by atoms with van der Waals surface area (Å²) in [6.45, 7) is 0.597. The Morgan fingerprint density at radius 2 is 1.76 bits per heavy atom. The van der Waals surface area contributed by atoms with E-state index in [2.05, 4.69) is 0 Å². The first-order chi connectivity index (χ1) is 14.0. The van der Waals surface area contributed by atoms with Gasteiger partial charge in [0.25, 0.3) is 5.91 Å². The van der Waals surface area contributed by atoms with Crippen LogP contribution in [-0.4, -0.2) is 55.2 Å². The molecule has 0 spiro atoms. The van der Waals surface area contributed by atoms with E-state index in [0.29, 0.717) is 18.0 Å². The predicted molar refractivity (Wildman–Crippen MR) is 103 cm³/mol. The number of hydrogen-bond donors (Lipinski definition) is 1. The van der Waals surface area contributed by atoms with Crippen molar-refractivity contribution in [2.24, 2.45) is 5.73 Å². The number of hydrogen-bond acceptors (Lipinski definition) is 5. The summed E-state index contributed by atoms with van der Waals surface area (Å²) in [4.78, 5) is 25.8. The average Bonchev–Trinajstić information content (AvgIpc) is 2.72. The van der Waals surface area contributed by atoms with Gasteiger partial charge in [0.15, 0.2) is 6.61 Å². The van der Waals surface area contributed by atoms with E-state index in [-0.39, 0.29) is 44.5 Å². The lowest BCUT2D eigenvalue weighted by Crippen LogP contribution is -2.58. The van der Waals surface area contributed by atoms with Gasteiger partial charge in [0.05, 0.1) is 19.6 Å². The molecular weight excluding hydrogens is 379 g/mol. The Bertz CT molecular complexity index is 831. The second-order valence-corrected chi connectivity index (χ2v) is 6.83. The molecule has 2 N–H and O–H groups in total. The molecule has 2 amide bonds. The van der Waals surface area contributed by atoms with Crippen molar-refractivity contribution >= 4 is 11.8 Å². The minimum absolute atomic E-state index is 0.00903. The lowest BCUT2D eigenvalue weighted by Gasteiger charge is -2.41. The normalized spacial score (nSPS) is 18.9. The monoisotopic (exact) mass is 402 g/mol. The van der Waals surface area contributed by atoms with Crippen LogP contribution in [-0.2, 0) is 14.3 Å². The molecule has 1 saturated heterocycles. The van der Waals surface area contributed by atoms with Crippen molar-refractivity contribution in [3.05, 3.63) is 60.4 Å². The summed E-state index contributed by atoms with van der Waals surface area (Å²) in [5.41, 5.74) is 4.32. The zero-order chi connectivity index (χ0) is 20.7. The Balaban J connectivity index is 1.63. The third-order valence-electron chi connectivity index (χ3n) is 4.52. The van der Waals surface area contributed by atoms with Crippen LogP contribution in [0.25, 0.3) is 0 Å². The van der Waals surface area contributed by atoms with Gasteiger partial charge < -0.3 is 24.8 Å². The predicted octanol–water partition coefficient (Wildman–Crippen LogP) is 1.76. The summed E-state index contributed by atoms with van der Waals surface area (Å²) in [7, 11) is 0. The SMILES string of the molecule is NC(=O)C[C@@]1(COc2ccc(F)cc2)CN(C(=O)COc2ccccc2)CCO1. The summed E-state index contributed by atoms with van der Waals surface area (Å²) in [6.07, 6.45) is -0.114. The molecule has 8 heteroatoms. The van der Waals surface area contributed by atoms with Crippen LogP contribution in [0.4, 0.5) is 4.39 Å². The minimum atomic E-state index is -1.08. The van der Waals surface area contributed by atoms with Gasteiger partial charge in [0.2, 0.25) is 5.91 Å². The van der Waals surface area contributed by atoms with Crippen LogP contribution in [0.2, 0.25) is 0 Å². The molecule has 0 bridgehead atoms. The van der Waals surface area contributed by atoms with Crippen molar-refractivity contribution in [1.82, 2.24) is 4.90 Å². The molecule has 0 radical (unpaired) electrons. The number of carbonyl (C=O) groups excluding carboxylic acids is 2. The van der Waals surface area contributed by atoms with Gasteiger partial charge in [0.1, 0.15) is 29.5 Å². The van der Waals surface area contributed by atoms with E-state index in [4.69, 9.17) is 19.9 Å². The molecule has 1 fully saturated rings. The van der Waals surface area contributed by atoms with E-state index in [1.807, 2.05) is 18.2 Å². The van der Waals surface area contributed by atoms with Crippen molar-refractivity contribution in [2.45, 2.75) is 12.0 Å². The number of rotatable bonds is 8. The van der Waals surface area contributed by atoms with Crippen molar-refractivity contribution < 1.29 is 28.2 Å². The fourth-order valence-corrected chi connectivity index (χ4v) is 3.12. The van der Waals surface area contributed by atoms with E-state index in [1.54, 1.807) is 17.0 Å². The molecule has 2 aromatic carbocycles. The first kappa shape index (κ1) is 20.6. The van der Waals surface area contributed by atoms with Crippen molar-refractivity contribution in [1.29, 1.82) is 0 Å². The Labute approximate surface area is 168 Å². The number of primary amides is 1.